The molecule has 4 heteroatoms. The third-order valence-electron chi connectivity index (χ3n) is 2.35. The smallest absolute Gasteiger partial charge is 0.303 e. The van der Waals surface area contributed by atoms with E-state index in [1.54, 1.807) is 31.4 Å². The summed E-state index contributed by atoms with van der Waals surface area (Å²) < 4.78 is 5.01. The van der Waals surface area contributed by atoms with Crippen LogP contribution in [0.3, 0.4) is 0 Å². The van der Waals surface area contributed by atoms with Gasteiger partial charge in [0.15, 0.2) is 0 Å². The molecule has 0 saturated heterocycles. The first-order chi connectivity index (χ1) is 7.67. The highest BCUT2D eigenvalue weighted by Gasteiger charge is 2.15. The van der Waals surface area contributed by atoms with Crippen molar-refractivity contribution in [3.63, 3.8) is 0 Å². The molecule has 0 bridgehead atoms. The maximum atomic E-state index is 10.6. The summed E-state index contributed by atoms with van der Waals surface area (Å²) in [6, 6.07) is 9.13. The first-order valence-electron chi connectivity index (χ1n) is 4.90. The van der Waals surface area contributed by atoms with Crippen LogP contribution in [0, 0.1) is 11.3 Å². The lowest BCUT2D eigenvalue weighted by molar-refractivity contribution is -0.137. The van der Waals surface area contributed by atoms with Gasteiger partial charge in [-0.25, -0.2) is 0 Å². The first-order valence-corrected chi connectivity index (χ1v) is 4.90. The van der Waals surface area contributed by atoms with Crippen LogP contribution in [-0.2, 0) is 4.79 Å². The van der Waals surface area contributed by atoms with Gasteiger partial charge in [-0.3, -0.25) is 4.79 Å². The van der Waals surface area contributed by atoms with Crippen LogP contribution in [0.1, 0.15) is 24.3 Å². The number of methoxy groups -OCH3 is 1. The number of benzene rings is 1. The number of carbonyl (C=O) groups is 1. The second-order valence-electron chi connectivity index (χ2n) is 3.43. The van der Waals surface area contributed by atoms with Crippen LogP contribution in [0.2, 0.25) is 0 Å². The number of aliphatic carboxylic acids is 1. The van der Waals surface area contributed by atoms with Crippen LogP contribution in [0.25, 0.3) is 0 Å². The highest BCUT2D eigenvalue weighted by molar-refractivity contribution is 5.68. The second-order valence-corrected chi connectivity index (χ2v) is 3.43. The van der Waals surface area contributed by atoms with Crippen molar-refractivity contribution in [3.8, 4) is 11.8 Å². The van der Waals surface area contributed by atoms with Crippen LogP contribution in [0.5, 0.6) is 5.75 Å². The van der Waals surface area contributed by atoms with Gasteiger partial charge in [-0.05, 0) is 17.7 Å². The molecule has 0 saturated carbocycles. The fourth-order valence-corrected chi connectivity index (χ4v) is 1.50. The average Bonchev–Trinajstić information content (AvgIpc) is 2.28. The summed E-state index contributed by atoms with van der Waals surface area (Å²) in [6.07, 6.45) is 0.179. The van der Waals surface area contributed by atoms with Gasteiger partial charge in [-0.1, -0.05) is 12.1 Å². The maximum Gasteiger partial charge on any atom is 0.303 e. The SMILES string of the molecule is COc1ccc([C@@H](CC#N)CC(=O)O)cc1. The van der Waals surface area contributed by atoms with Crippen LogP contribution >= 0.6 is 0 Å². The van der Waals surface area contributed by atoms with Crippen LogP contribution in [0.15, 0.2) is 24.3 Å². The quantitative estimate of drug-likeness (QED) is 0.823. The number of nitriles is 1. The number of nitrogens with zero attached hydrogens (tertiary/aromatic N) is 1. The summed E-state index contributed by atoms with van der Waals surface area (Å²) in [6.45, 7) is 0. The number of carboxylic acids is 1. The van der Waals surface area contributed by atoms with Crippen LogP contribution < -0.4 is 4.74 Å². The molecule has 84 valence electrons. The second kappa shape index (κ2) is 5.76. The lowest BCUT2D eigenvalue weighted by Crippen LogP contribution is -2.05. The van der Waals surface area contributed by atoms with Crippen molar-refractivity contribution in [1.29, 1.82) is 5.26 Å². The van der Waals surface area contributed by atoms with E-state index in [1.165, 1.54) is 0 Å². The van der Waals surface area contributed by atoms with E-state index in [2.05, 4.69) is 0 Å². The summed E-state index contributed by atoms with van der Waals surface area (Å²) in [5, 5.41) is 17.4. The molecule has 1 N–H and O–H groups in total. The van der Waals surface area contributed by atoms with Crippen molar-refractivity contribution in [2.75, 3.05) is 7.11 Å². The number of rotatable bonds is 5. The molecule has 0 unspecified atom stereocenters. The lowest BCUT2D eigenvalue weighted by Gasteiger charge is -2.11. The Hall–Kier alpha value is -2.02. The van der Waals surface area contributed by atoms with Gasteiger partial charge in [0, 0.05) is 12.3 Å². The van der Waals surface area contributed by atoms with E-state index >= 15 is 0 Å². The molecule has 0 heterocycles. The Bertz CT molecular complexity index is 392. The normalized spacial score (nSPS) is 11.5. The Kier molecular flexibility index (Phi) is 4.34. The molecule has 1 aromatic rings. The lowest BCUT2D eigenvalue weighted by atomic mass is 9.93. The molecule has 16 heavy (non-hydrogen) atoms. The first kappa shape index (κ1) is 12.1. The molecule has 1 aromatic carbocycles. The van der Waals surface area contributed by atoms with E-state index in [-0.39, 0.29) is 18.8 Å². The molecule has 0 fully saturated rings. The topological polar surface area (TPSA) is 70.3 Å². The third kappa shape index (κ3) is 3.28. The van der Waals surface area contributed by atoms with E-state index in [9.17, 15) is 4.79 Å². The average molecular weight is 219 g/mol. The van der Waals surface area contributed by atoms with E-state index in [4.69, 9.17) is 15.1 Å². The summed E-state index contributed by atoms with van der Waals surface area (Å²) >= 11 is 0. The van der Waals surface area contributed by atoms with Gasteiger partial charge in [0.25, 0.3) is 0 Å². The molecule has 1 rings (SSSR count). The molecular weight excluding hydrogens is 206 g/mol. The molecule has 4 nitrogen and oxygen atoms in total. The zero-order valence-corrected chi connectivity index (χ0v) is 9.01. The standard InChI is InChI=1S/C12H13NO3/c1-16-11-4-2-9(3-5-11)10(6-7-13)8-12(14)15/h2-5,10H,6,8H2,1H3,(H,14,15)/t10-/m0/s1. The fraction of sp³-hybridized carbons (Fsp3) is 0.333. The molecular formula is C12H13NO3. The Labute approximate surface area is 94.1 Å². The Morgan fingerprint density at radius 1 is 1.50 bits per heavy atom. The number of hydrogen-bond donors (Lipinski definition) is 1. The zero-order valence-electron chi connectivity index (χ0n) is 9.01. The highest BCUT2D eigenvalue weighted by atomic mass is 16.5. The maximum absolute atomic E-state index is 10.6. The van der Waals surface area contributed by atoms with Crippen molar-refractivity contribution in [2.24, 2.45) is 0 Å². The van der Waals surface area contributed by atoms with E-state index in [0.29, 0.717) is 0 Å². The molecule has 0 radical (unpaired) electrons. The highest BCUT2D eigenvalue weighted by Crippen LogP contribution is 2.25. The Balaban J connectivity index is 2.84. The van der Waals surface area contributed by atoms with Crippen molar-refractivity contribution >= 4 is 5.97 Å². The van der Waals surface area contributed by atoms with Gasteiger partial charge < -0.3 is 9.84 Å². The van der Waals surface area contributed by atoms with Crippen molar-refractivity contribution in [2.45, 2.75) is 18.8 Å². The fourth-order valence-electron chi connectivity index (χ4n) is 1.50. The van der Waals surface area contributed by atoms with Gasteiger partial charge in [0.2, 0.25) is 0 Å². The molecule has 0 aliphatic heterocycles. The monoisotopic (exact) mass is 219 g/mol. The van der Waals surface area contributed by atoms with Gasteiger partial charge in [0.05, 0.1) is 19.6 Å². The molecule has 0 aliphatic rings. The Morgan fingerprint density at radius 3 is 2.56 bits per heavy atom. The number of hydrogen-bond acceptors (Lipinski definition) is 3. The predicted molar refractivity (Wildman–Crippen MR) is 58.2 cm³/mol. The van der Waals surface area contributed by atoms with Gasteiger partial charge in [-0.2, -0.15) is 5.26 Å². The predicted octanol–water partition coefficient (Wildman–Crippen LogP) is 2.17. The summed E-state index contributed by atoms with van der Waals surface area (Å²) in [7, 11) is 1.57. The zero-order chi connectivity index (χ0) is 12.0. The largest absolute Gasteiger partial charge is 0.497 e. The van der Waals surface area contributed by atoms with Crippen molar-refractivity contribution in [1.82, 2.24) is 0 Å². The summed E-state index contributed by atoms with van der Waals surface area (Å²) in [4.78, 5) is 10.6. The molecule has 0 aliphatic carbocycles. The summed E-state index contributed by atoms with van der Waals surface area (Å²) in [5.41, 5.74) is 0.852. The molecule has 1 atom stereocenters. The molecule has 0 amide bonds. The van der Waals surface area contributed by atoms with Crippen molar-refractivity contribution in [3.05, 3.63) is 29.8 Å². The van der Waals surface area contributed by atoms with Crippen LogP contribution in [0.4, 0.5) is 0 Å². The van der Waals surface area contributed by atoms with E-state index in [0.717, 1.165) is 11.3 Å². The van der Waals surface area contributed by atoms with Crippen LogP contribution in [-0.4, -0.2) is 18.2 Å². The molecule has 0 spiro atoms. The van der Waals surface area contributed by atoms with E-state index < -0.39 is 5.97 Å². The minimum Gasteiger partial charge on any atom is -0.497 e. The Morgan fingerprint density at radius 2 is 2.12 bits per heavy atom. The third-order valence-corrected chi connectivity index (χ3v) is 2.35. The minimum absolute atomic E-state index is 0.0279. The minimum atomic E-state index is -0.893. The van der Waals surface area contributed by atoms with Gasteiger partial charge >= 0.3 is 5.97 Å². The van der Waals surface area contributed by atoms with E-state index in [1.807, 2.05) is 6.07 Å². The van der Waals surface area contributed by atoms with Crippen molar-refractivity contribution < 1.29 is 14.6 Å². The summed E-state index contributed by atoms with van der Waals surface area (Å²) in [5.74, 6) is -0.431. The van der Waals surface area contributed by atoms with Gasteiger partial charge in [-0.15, -0.1) is 0 Å². The van der Waals surface area contributed by atoms with Gasteiger partial charge in [0.1, 0.15) is 5.75 Å². The number of carboxylic acid groups (broad SMARTS) is 1. The molecule has 0 aromatic heterocycles. The number of ether oxygens (including phenoxy) is 1.